The SMILES string of the molecule is C=C[C@@H](C(=O)O)[C@@H](O)CC. The summed E-state index contributed by atoms with van der Waals surface area (Å²) in [5.41, 5.74) is 0. The van der Waals surface area contributed by atoms with Crippen molar-refractivity contribution in [1.82, 2.24) is 0 Å². The average Bonchev–Trinajstić information content (AvgIpc) is 1.88. The Hall–Kier alpha value is -0.830. The molecule has 0 spiro atoms. The number of carboxylic acids is 1. The highest BCUT2D eigenvalue weighted by Crippen LogP contribution is 2.07. The van der Waals surface area contributed by atoms with E-state index < -0.39 is 18.0 Å². The van der Waals surface area contributed by atoms with Gasteiger partial charge >= 0.3 is 5.97 Å². The molecule has 2 N–H and O–H groups in total. The summed E-state index contributed by atoms with van der Waals surface area (Å²) in [5, 5.41) is 17.5. The fraction of sp³-hybridized carbons (Fsp3) is 0.571. The van der Waals surface area contributed by atoms with Gasteiger partial charge in [0.25, 0.3) is 0 Å². The first-order valence-electron chi connectivity index (χ1n) is 3.16. The van der Waals surface area contributed by atoms with Crippen LogP contribution in [0.4, 0.5) is 0 Å². The van der Waals surface area contributed by atoms with Crippen LogP contribution >= 0.6 is 0 Å². The highest BCUT2D eigenvalue weighted by molar-refractivity contribution is 5.72. The van der Waals surface area contributed by atoms with Gasteiger partial charge in [-0.3, -0.25) is 4.79 Å². The lowest BCUT2D eigenvalue weighted by atomic mass is 10.0. The van der Waals surface area contributed by atoms with Crippen LogP contribution in [0.1, 0.15) is 13.3 Å². The molecule has 3 heteroatoms. The Morgan fingerprint density at radius 2 is 2.30 bits per heavy atom. The van der Waals surface area contributed by atoms with Crippen molar-refractivity contribution < 1.29 is 15.0 Å². The smallest absolute Gasteiger partial charge is 0.312 e. The van der Waals surface area contributed by atoms with Gasteiger partial charge in [0, 0.05) is 0 Å². The summed E-state index contributed by atoms with van der Waals surface area (Å²) in [6.07, 6.45) is 0.870. The van der Waals surface area contributed by atoms with Crippen molar-refractivity contribution in [3.8, 4) is 0 Å². The molecule has 0 aliphatic carbocycles. The minimum absolute atomic E-state index is 0.434. The molecule has 0 aromatic rings. The molecule has 0 heterocycles. The van der Waals surface area contributed by atoms with E-state index in [1.807, 2.05) is 0 Å². The van der Waals surface area contributed by atoms with Crippen LogP contribution in [0.25, 0.3) is 0 Å². The fourth-order valence-corrected chi connectivity index (χ4v) is 0.676. The fourth-order valence-electron chi connectivity index (χ4n) is 0.676. The standard InChI is InChI=1S/C7H12O3/c1-3-5(7(9)10)6(8)4-2/h3,5-6,8H,1,4H2,2H3,(H,9,10)/t5-,6+/m1/s1. The molecule has 0 aliphatic rings. The van der Waals surface area contributed by atoms with Crippen LogP contribution in [0.5, 0.6) is 0 Å². The van der Waals surface area contributed by atoms with E-state index in [9.17, 15) is 4.79 Å². The van der Waals surface area contributed by atoms with E-state index >= 15 is 0 Å². The zero-order valence-electron chi connectivity index (χ0n) is 5.95. The first-order valence-corrected chi connectivity index (χ1v) is 3.16. The molecule has 0 unspecified atom stereocenters. The third kappa shape index (κ3) is 2.19. The van der Waals surface area contributed by atoms with Gasteiger partial charge in [0.05, 0.1) is 6.10 Å². The van der Waals surface area contributed by atoms with Crippen molar-refractivity contribution in [2.45, 2.75) is 19.4 Å². The Bertz CT molecular complexity index is 131. The number of carboxylic acid groups (broad SMARTS) is 1. The molecule has 0 fully saturated rings. The van der Waals surface area contributed by atoms with E-state index in [2.05, 4.69) is 6.58 Å². The third-order valence-electron chi connectivity index (χ3n) is 1.37. The van der Waals surface area contributed by atoms with Gasteiger partial charge < -0.3 is 10.2 Å². The molecule has 0 aliphatic heterocycles. The van der Waals surface area contributed by atoms with Gasteiger partial charge in [-0.25, -0.2) is 0 Å². The molecular formula is C7H12O3. The van der Waals surface area contributed by atoms with Crippen LogP contribution in [0.3, 0.4) is 0 Å². The summed E-state index contributed by atoms with van der Waals surface area (Å²) in [5.74, 6) is -1.85. The predicted octanol–water partition coefficient (Wildman–Crippen LogP) is 0.644. The molecule has 0 radical (unpaired) electrons. The van der Waals surface area contributed by atoms with Gasteiger partial charge in [-0.15, -0.1) is 6.58 Å². The van der Waals surface area contributed by atoms with Crippen molar-refractivity contribution in [2.24, 2.45) is 5.92 Å². The van der Waals surface area contributed by atoms with Crippen LogP contribution < -0.4 is 0 Å². The van der Waals surface area contributed by atoms with Crippen LogP contribution in [-0.2, 0) is 4.79 Å². The number of hydrogen-bond acceptors (Lipinski definition) is 2. The minimum Gasteiger partial charge on any atom is -0.481 e. The summed E-state index contributed by atoms with van der Waals surface area (Å²) in [7, 11) is 0. The lowest BCUT2D eigenvalue weighted by Gasteiger charge is -2.12. The number of rotatable bonds is 4. The van der Waals surface area contributed by atoms with Crippen molar-refractivity contribution in [1.29, 1.82) is 0 Å². The largest absolute Gasteiger partial charge is 0.481 e. The van der Waals surface area contributed by atoms with Gasteiger partial charge in [-0.2, -0.15) is 0 Å². The van der Waals surface area contributed by atoms with E-state index in [0.29, 0.717) is 6.42 Å². The number of aliphatic carboxylic acids is 1. The van der Waals surface area contributed by atoms with Gasteiger partial charge in [-0.05, 0) is 6.42 Å². The molecule has 0 saturated carbocycles. The molecule has 0 aromatic heterocycles. The zero-order chi connectivity index (χ0) is 8.15. The molecule has 3 nitrogen and oxygen atoms in total. The summed E-state index contributed by atoms with van der Waals surface area (Å²) in [4.78, 5) is 10.3. The molecule has 10 heavy (non-hydrogen) atoms. The molecule has 0 saturated heterocycles. The molecule has 58 valence electrons. The monoisotopic (exact) mass is 144 g/mol. The van der Waals surface area contributed by atoms with Crippen molar-refractivity contribution in [3.63, 3.8) is 0 Å². The van der Waals surface area contributed by atoms with Gasteiger partial charge in [0.15, 0.2) is 0 Å². The maximum Gasteiger partial charge on any atom is 0.312 e. The topological polar surface area (TPSA) is 57.5 Å². The molecule has 0 rings (SSSR count). The second-order valence-corrected chi connectivity index (χ2v) is 2.08. The lowest BCUT2D eigenvalue weighted by Crippen LogP contribution is -2.25. The number of aliphatic hydroxyl groups is 1. The molecule has 0 bridgehead atoms. The van der Waals surface area contributed by atoms with E-state index in [1.165, 1.54) is 6.08 Å². The summed E-state index contributed by atoms with van der Waals surface area (Å²) >= 11 is 0. The van der Waals surface area contributed by atoms with Crippen molar-refractivity contribution in [2.75, 3.05) is 0 Å². The molecule has 0 aromatic carbocycles. The minimum atomic E-state index is -1.02. The number of hydrogen-bond donors (Lipinski definition) is 2. The maximum absolute atomic E-state index is 10.3. The Morgan fingerprint density at radius 1 is 1.80 bits per heavy atom. The first-order chi connectivity index (χ1) is 4.63. The van der Waals surface area contributed by atoms with Crippen LogP contribution in [-0.4, -0.2) is 22.3 Å². The summed E-state index contributed by atoms with van der Waals surface area (Å²) < 4.78 is 0. The van der Waals surface area contributed by atoms with Crippen LogP contribution in [0, 0.1) is 5.92 Å². The summed E-state index contributed by atoms with van der Waals surface area (Å²) in [6.45, 7) is 5.04. The van der Waals surface area contributed by atoms with E-state index in [-0.39, 0.29) is 0 Å². The lowest BCUT2D eigenvalue weighted by molar-refractivity contribution is -0.143. The normalized spacial score (nSPS) is 15.8. The highest BCUT2D eigenvalue weighted by Gasteiger charge is 2.20. The second-order valence-electron chi connectivity index (χ2n) is 2.08. The Kier molecular flexibility index (Phi) is 3.72. The van der Waals surface area contributed by atoms with Gasteiger partial charge in [-0.1, -0.05) is 13.0 Å². The van der Waals surface area contributed by atoms with Crippen molar-refractivity contribution >= 4 is 5.97 Å². The Labute approximate surface area is 60.0 Å². The Balaban J connectivity index is 4.05. The predicted molar refractivity (Wildman–Crippen MR) is 37.6 cm³/mol. The maximum atomic E-state index is 10.3. The van der Waals surface area contributed by atoms with Crippen LogP contribution in [0.2, 0.25) is 0 Å². The van der Waals surface area contributed by atoms with E-state index in [4.69, 9.17) is 10.2 Å². The number of carbonyl (C=O) groups is 1. The van der Waals surface area contributed by atoms with Crippen molar-refractivity contribution in [3.05, 3.63) is 12.7 Å². The van der Waals surface area contributed by atoms with Gasteiger partial charge in [0.2, 0.25) is 0 Å². The number of aliphatic hydroxyl groups excluding tert-OH is 1. The van der Waals surface area contributed by atoms with Crippen LogP contribution in [0.15, 0.2) is 12.7 Å². The molecule has 0 amide bonds. The van der Waals surface area contributed by atoms with E-state index in [1.54, 1.807) is 6.92 Å². The molecule has 2 atom stereocenters. The first kappa shape index (κ1) is 9.17. The van der Waals surface area contributed by atoms with E-state index in [0.717, 1.165) is 0 Å². The average molecular weight is 144 g/mol. The summed E-state index contributed by atoms with van der Waals surface area (Å²) in [6, 6.07) is 0. The molecular weight excluding hydrogens is 132 g/mol. The quantitative estimate of drug-likeness (QED) is 0.569. The third-order valence-corrected chi connectivity index (χ3v) is 1.37. The van der Waals surface area contributed by atoms with Gasteiger partial charge in [0.1, 0.15) is 5.92 Å². The Morgan fingerprint density at radius 3 is 2.40 bits per heavy atom. The zero-order valence-corrected chi connectivity index (χ0v) is 5.95. The highest BCUT2D eigenvalue weighted by atomic mass is 16.4. The second kappa shape index (κ2) is 4.06.